The van der Waals surface area contributed by atoms with Gasteiger partial charge in [-0.1, -0.05) is 199 Å². The molecule has 0 fully saturated rings. The van der Waals surface area contributed by atoms with Crippen LogP contribution in [0.4, 0.5) is 0 Å². The van der Waals surface area contributed by atoms with E-state index in [4.69, 9.17) is 9.79 Å². The molecule has 0 heterocycles. The van der Waals surface area contributed by atoms with Gasteiger partial charge in [-0.05, 0) is 44.9 Å². The van der Waals surface area contributed by atoms with E-state index in [-0.39, 0.29) is 5.91 Å². The molecule has 0 aliphatic rings. The fourth-order valence-corrected chi connectivity index (χ4v) is 6.93. The summed E-state index contributed by atoms with van der Waals surface area (Å²) in [6.07, 6.45) is 47.8. The molecular weight excluding hydrogens is 657 g/mol. The Morgan fingerprint density at radius 3 is 1.25 bits per heavy atom. The predicted molar refractivity (Wildman–Crippen MR) is 218 cm³/mol. The Morgan fingerprint density at radius 2 is 0.882 bits per heavy atom. The van der Waals surface area contributed by atoms with Crippen LogP contribution in [0.2, 0.25) is 0 Å². The van der Waals surface area contributed by atoms with Gasteiger partial charge in [0.1, 0.15) is 0 Å². The summed E-state index contributed by atoms with van der Waals surface area (Å²) < 4.78 is 15.9. The minimum absolute atomic E-state index is 0.226. The molecule has 0 aromatic carbocycles. The van der Waals surface area contributed by atoms with Gasteiger partial charge < -0.3 is 20.2 Å². The SMILES string of the molecule is CCCCCCCC/C=C/CCCCCCCCCCCCCCCC(=O)N[C@@H](COP(=O)(O)O)[C@H](O)/C=C/CCCCCCCCCCCC. The number of aliphatic hydroxyl groups excluding tert-OH is 1. The Morgan fingerprint density at radius 1 is 0.549 bits per heavy atom. The van der Waals surface area contributed by atoms with Crippen molar-refractivity contribution >= 4 is 13.7 Å². The summed E-state index contributed by atoms with van der Waals surface area (Å²) in [7, 11) is -4.71. The first-order chi connectivity index (χ1) is 24.8. The van der Waals surface area contributed by atoms with Crippen LogP contribution in [0.15, 0.2) is 24.3 Å². The van der Waals surface area contributed by atoms with Crippen LogP contribution in [0, 0.1) is 0 Å². The molecule has 0 aliphatic heterocycles. The molecule has 8 heteroatoms. The molecule has 0 saturated heterocycles. The smallest absolute Gasteiger partial charge is 0.387 e. The summed E-state index contributed by atoms with van der Waals surface area (Å²) in [6.45, 7) is 4.07. The summed E-state index contributed by atoms with van der Waals surface area (Å²) in [5, 5.41) is 13.4. The molecule has 0 rings (SSSR count). The molecule has 0 bridgehead atoms. The molecule has 302 valence electrons. The average Bonchev–Trinajstić information content (AvgIpc) is 3.10. The highest BCUT2D eigenvalue weighted by Gasteiger charge is 2.24. The van der Waals surface area contributed by atoms with Gasteiger partial charge >= 0.3 is 7.82 Å². The lowest BCUT2D eigenvalue weighted by Gasteiger charge is -2.22. The third kappa shape index (κ3) is 40.0. The van der Waals surface area contributed by atoms with Crippen LogP contribution in [-0.4, -0.2) is 39.6 Å². The van der Waals surface area contributed by atoms with Crippen molar-refractivity contribution in [3.8, 4) is 0 Å². The first-order valence-corrected chi connectivity index (χ1v) is 23.3. The maximum Gasteiger partial charge on any atom is 0.469 e. The molecule has 0 unspecified atom stereocenters. The van der Waals surface area contributed by atoms with Gasteiger partial charge in [0.25, 0.3) is 0 Å². The van der Waals surface area contributed by atoms with E-state index in [1.54, 1.807) is 6.08 Å². The average molecular weight is 742 g/mol. The molecule has 0 radical (unpaired) electrons. The van der Waals surface area contributed by atoms with E-state index in [1.807, 2.05) is 6.08 Å². The first-order valence-electron chi connectivity index (χ1n) is 21.8. The van der Waals surface area contributed by atoms with Crippen molar-refractivity contribution in [3.05, 3.63) is 24.3 Å². The van der Waals surface area contributed by atoms with E-state index in [1.165, 1.54) is 167 Å². The first kappa shape index (κ1) is 50.0. The lowest BCUT2D eigenvalue weighted by Crippen LogP contribution is -2.45. The summed E-state index contributed by atoms with van der Waals surface area (Å²) in [5.74, 6) is -0.226. The molecule has 0 spiro atoms. The standard InChI is InChI=1S/C43H84NO6P/c1-3-5-7-9-11-13-15-17-18-19-20-21-22-23-24-25-26-27-29-31-33-35-37-39-43(46)44-41(40-50-51(47,48)49)42(45)38-36-34-32-30-28-16-14-12-10-8-6-4-2/h17-18,36,38,41-42,45H,3-16,19-35,37,39-40H2,1-2H3,(H,44,46)(H2,47,48,49)/b18-17+,38-36+/t41-,42+/m0/s1. The zero-order valence-electron chi connectivity index (χ0n) is 33.5. The van der Waals surface area contributed by atoms with Gasteiger partial charge in [0.15, 0.2) is 0 Å². The van der Waals surface area contributed by atoms with Crippen molar-refractivity contribution in [2.45, 2.75) is 238 Å². The van der Waals surface area contributed by atoms with Crippen molar-refractivity contribution in [1.82, 2.24) is 5.32 Å². The molecule has 0 aromatic heterocycles. The number of hydrogen-bond acceptors (Lipinski definition) is 4. The Hall–Kier alpha value is -0.980. The quantitative estimate of drug-likeness (QED) is 0.0282. The van der Waals surface area contributed by atoms with Crippen LogP contribution in [0.3, 0.4) is 0 Å². The molecule has 7 nitrogen and oxygen atoms in total. The summed E-state index contributed by atoms with van der Waals surface area (Å²) in [4.78, 5) is 30.9. The number of aliphatic hydroxyl groups is 1. The maximum atomic E-state index is 12.6. The number of phosphoric acid groups is 1. The topological polar surface area (TPSA) is 116 Å². The van der Waals surface area contributed by atoms with Crippen molar-refractivity contribution in [1.29, 1.82) is 0 Å². The normalized spacial score (nSPS) is 13.4. The molecule has 0 saturated carbocycles. The van der Waals surface area contributed by atoms with E-state index in [2.05, 4.69) is 35.8 Å². The molecule has 4 N–H and O–H groups in total. The number of amides is 1. The Balaban J connectivity index is 3.85. The molecule has 1 amide bonds. The van der Waals surface area contributed by atoms with Crippen molar-refractivity contribution in [3.63, 3.8) is 0 Å². The summed E-state index contributed by atoms with van der Waals surface area (Å²) in [6, 6.07) is -0.907. The van der Waals surface area contributed by atoms with Crippen LogP contribution < -0.4 is 5.32 Å². The zero-order chi connectivity index (χ0) is 37.5. The van der Waals surface area contributed by atoms with Gasteiger partial charge in [-0.25, -0.2) is 4.57 Å². The Labute approximate surface area is 315 Å². The highest BCUT2D eigenvalue weighted by Crippen LogP contribution is 2.35. The van der Waals surface area contributed by atoms with Crippen molar-refractivity contribution in [2.75, 3.05) is 6.61 Å². The van der Waals surface area contributed by atoms with Crippen LogP contribution >= 0.6 is 7.82 Å². The highest BCUT2D eigenvalue weighted by molar-refractivity contribution is 7.46. The fourth-order valence-electron chi connectivity index (χ4n) is 6.57. The monoisotopic (exact) mass is 742 g/mol. The second-order valence-electron chi connectivity index (χ2n) is 15.0. The molecule has 0 aliphatic carbocycles. The number of allylic oxidation sites excluding steroid dienone is 3. The lowest BCUT2D eigenvalue weighted by atomic mass is 10.0. The fraction of sp³-hybridized carbons (Fsp3) is 0.884. The number of phosphoric ester groups is 1. The zero-order valence-corrected chi connectivity index (χ0v) is 34.4. The highest BCUT2D eigenvalue weighted by atomic mass is 31.2. The van der Waals surface area contributed by atoms with Crippen LogP contribution in [-0.2, 0) is 13.9 Å². The molecule has 51 heavy (non-hydrogen) atoms. The van der Waals surface area contributed by atoms with E-state index in [0.717, 1.165) is 38.5 Å². The molecular formula is C43H84NO6P. The number of unbranched alkanes of at least 4 members (excludes halogenated alkanes) is 29. The van der Waals surface area contributed by atoms with Crippen LogP contribution in [0.5, 0.6) is 0 Å². The minimum Gasteiger partial charge on any atom is -0.387 e. The summed E-state index contributed by atoms with van der Waals surface area (Å²) >= 11 is 0. The maximum absolute atomic E-state index is 12.6. The van der Waals surface area contributed by atoms with Gasteiger partial charge in [-0.3, -0.25) is 9.32 Å². The van der Waals surface area contributed by atoms with Crippen LogP contribution in [0.25, 0.3) is 0 Å². The van der Waals surface area contributed by atoms with Crippen LogP contribution in [0.1, 0.15) is 226 Å². The number of rotatable bonds is 40. The van der Waals surface area contributed by atoms with Gasteiger partial charge in [0.2, 0.25) is 5.91 Å². The summed E-state index contributed by atoms with van der Waals surface area (Å²) in [5.41, 5.74) is 0. The molecule has 0 aromatic rings. The molecule has 2 atom stereocenters. The lowest BCUT2D eigenvalue weighted by molar-refractivity contribution is -0.123. The Bertz CT molecular complexity index is 844. The minimum atomic E-state index is -4.71. The van der Waals surface area contributed by atoms with Gasteiger partial charge in [0, 0.05) is 6.42 Å². The predicted octanol–water partition coefficient (Wildman–Crippen LogP) is 13.0. The third-order valence-corrected chi connectivity index (χ3v) is 10.4. The van der Waals surface area contributed by atoms with E-state index >= 15 is 0 Å². The van der Waals surface area contributed by atoms with Gasteiger partial charge in [-0.2, -0.15) is 0 Å². The van der Waals surface area contributed by atoms with E-state index in [0.29, 0.717) is 6.42 Å². The second kappa shape index (κ2) is 38.7. The van der Waals surface area contributed by atoms with E-state index < -0.39 is 26.6 Å². The van der Waals surface area contributed by atoms with Gasteiger partial charge in [-0.15, -0.1) is 0 Å². The largest absolute Gasteiger partial charge is 0.469 e. The number of carbonyl (C=O) groups excluding carboxylic acids is 1. The second-order valence-corrected chi connectivity index (χ2v) is 16.3. The third-order valence-electron chi connectivity index (χ3n) is 9.90. The number of nitrogens with one attached hydrogen (secondary N) is 1. The number of hydrogen-bond donors (Lipinski definition) is 4. The van der Waals surface area contributed by atoms with Crippen molar-refractivity contribution in [2.24, 2.45) is 0 Å². The Kier molecular flexibility index (Phi) is 38.0. The van der Waals surface area contributed by atoms with Crippen molar-refractivity contribution < 1.29 is 28.8 Å². The number of carbonyl (C=O) groups is 1. The van der Waals surface area contributed by atoms with Gasteiger partial charge in [0.05, 0.1) is 18.8 Å². The van der Waals surface area contributed by atoms with E-state index in [9.17, 15) is 14.5 Å².